The molecule has 0 aliphatic heterocycles. The van der Waals surface area contributed by atoms with Gasteiger partial charge >= 0.3 is 0 Å². The maximum absolute atomic E-state index is 11.8. The van der Waals surface area contributed by atoms with Crippen LogP contribution in [-0.4, -0.2) is 18.5 Å². The van der Waals surface area contributed by atoms with Crippen molar-refractivity contribution in [2.75, 3.05) is 6.54 Å². The molecule has 0 aromatic heterocycles. The average Bonchev–Trinajstić information content (AvgIpc) is 2.59. The van der Waals surface area contributed by atoms with Gasteiger partial charge in [-0.25, -0.2) is 0 Å². The van der Waals surface area contributed by atoms with Crippen molar-refractivity contribution in [1.82, 2.24) is 5.32 Å². The van der Waals surface area contributed by atoms with Crippen LogP contribution >= 0.6 is 0 Å². The van der Waals surface area contributed by atoms with Crippen LogP contribution in [0.15, 0.2) is 0 Å². The zero-order valence-electron chi connectivity index (χ0n) is 11.2. The van der Waals surface area contributed by atoms with Gasteiger partial charge in [-0.15, -0.1) is 0 Å². The molecule has 3 nitrogen and oxygen atoms in total. The summed E-state index contributed by atoms with van der Waals surface area (Å²) in [5.74, 6) is 0.735. The fraction of sp³-hybridized carbons (Fsp3) is 0.929. The highest BCUT2D eigenvalue weighted by Gasteiger charge is 2.15. The predicted molar refractivity (Wildman–Crippen MR) is 71.7 cm³/mol. The third-order valence-electron chi connectivity index (χ3n) is 3.91. The number of rotatable bonds is 6. The van der Waals surface area contributed by atoms with Crippen molar-refractivity contribution < 1.29 is 4.79 Å². The molecule has 0 radical (unpaired) electrons. The van der Waals surface area contributed by atoms with Gasteiger partial charge in [0.1, 0.15) is 0 Å². The topological polar surface area (TPSA) is 55.1 Å². The molecule has 1 fully saturated rings. The highest BCUT2D eigenvalue weighted by Crippen LogP contribution is 2.17. The number of hydrogen-bond acceptors (Lipinski definition) is 2. The number of hydrogen-bond donors (Lipinski definition) is 2. The number of carbonyl (C=O) groups excluding carboxylic acids is 1. The van der Waals surface area contributed by atoms with Crippen LogP contribution in [-0.2, 0) is 4.79 Å². The molecule has 1 atom stereocenters. The molecule has 3 heteroatoms. The maximum Gasteiger partial charge on any atom is 0.220 e. The van der Waals surface area contributed by atoms with E-state index in [-0.39, 0.29) is 5.91 Å². The van der Waals surface area contributed by atoms with Crippen molar-refractivity contribution in [2.24, 2.45) is 11.7 Å². The monoisotopic (exact) mass is 240 g/mol. The fourth-order valence-corrected chi connectivity index (χ4v) is 2.55. The molecule has 1 rings (SSSR count). The molecule has 1 amide bonds. The summed E-state index contributed by atoms with van der Waals surface area (Å²) < 4.78 is 0. The zero-order valence-corrected chi connectivity index (χ0v) is 11.2. The van der Waals surface area contributed by atoms with Gasteiger partial charge in [0.25, 0.3) is 0 Å². The smallest absolute Gasteiger partial charge is 0.220 e. The van der Waals surface area contributed by atoms with Crippen LogP contribution < -0.4 is 11.1 Å². The fourth-order valence-electron chi connectivity index (χ4n) is 2.55. The third-order valence-corrected chi connectivity index (χ3v) is 3.91. The molecule has 0 spiro atoms. The van der Waals surface area contributed by atoms with Crippen molar-refractivity contribution >= 4 is 5.91 Å². The van der Waals surface area contributed by atoms with Gasteiger partial charge in [-0.1, -0.05) is 39.0 Å². The van der Waals surface area contributed by atoms with Gasteiger partial charge in [0.05, 0.1) is 0 Å². The Balaban J connectivity index is 2.18. The van der Waals surface area contributed by atoms with Crippen LogP contribution in [0.25, 0.3) is 0 Å². The van der Waals surface area contributed by atoms with Gasteiger partial charge in [0.15, 0.2) is 0 Å². The Hall–Kier alpha value is -0.570. The molecule has 1 aliphatic rings. The lowest BCUT2D eigenvalue weighted by atomic mass is 10.00. The van der Waals surface area contributed by atoms with Crippen LogP contribution in [0.5, 0.6) is 0 Å². The molecule has 0 saturated heterocycles. The van der Waals surface area contributed by atoms with E-state index in [1.54, 1.807) is 0 Å². The number of amides is 1. The summed E-state index contributed by atoms with van der Waals surface area (Å²) in [5, 5.41) is 3.18. The van der Waals surface area contributed by atoms with Gasteiger partial charge < -0.3 is 11.1 Å². The summed E-state index contributed by atoms with van der Waals surface area (Å²) in [5.41, 5.74) is 5.64. The molecule has 0 aromatic carbocycles. The summed E-state index contributed by atoms with van der Waals surface area (Å²) in [6.45, 7) is 2.84. The van der Waals surface area contributed by atoms with E-state index in [4.69, 9.17) is 5.73 Å². The van der Waals surface area contributed by atoms with Crippen molar-refractivity contribution in [3.05, 3.63) is 0 Å². The quantitative estimate of drug-likeness (QED) is 0.701. The van der Waals surface area contributed by atoms with Crippen LogP contribution in [0.1, 0.15) is 64.7 Å². The largest absolute Gasteiger partial charge is 0.353 e. The van der Waals surface area contributed by atoms with E-state index < -0.39 is 0 Å². The lowest BCUT2D eigenvalue weighted by molar-refractivity contribution is -0.122. The third kappa shape index (κ3) is 6.06. The van der Waals surface area contributed by atoms with E-state index in [9.17, 15) is 4.79 Å². The summed E-state index contributed by atoms with van der Waals surface area (Å²) in [4.78, 5) is 11.8. The molecule has 1 saturated carbocycles. The minimum Gasteiger partial charge on any atom is -0.353 e. The van der Waals surface area contributed by atoms with E-state index in [1.165, 1.54) is 38.5 Å². The summed E-state index contributed by atoms with van der Waals surface area (Å²) in [6.07, 6.45) is 10.2. The molecular weight excluding hydrogens is 212 g/mol. The Morgan fingerprint density at radius 1 is 1.29 bits per heavy atom. The SMILES string of the molecule is CCC(CN)CCC(=O)NC1CCCCCC1. The Labute approximate surface area is 106 Å². The van der Waals surface area contributed by atoms with Gasteiger partial charge in [-0.2, -0.15) is 0 Å². The number of nitrogens with two attached hydrogens (primary N) is 1. The lowest BCUT2D eigenvalue weighted by Gasteiger charge is -2.17. The predicted octanol–water partition coefficient (Wildman–Crippen LogP) is 2.59. The Morgan fingerprint density at radius 3 is 2.47 bits per heavy atom. The Bertz CT molecular complexity index is 206. The highest BCUT2D eigenvalue weighted by molar-refractivity contribution is 5.76. The standard InChI is InChI=1S/C14H28N2O/c1-2-12(11-15)9-10-14(17)16-13-7-5-3-4-6-8-13/h12-13H,2-11,15H2,1H3,(H,16,17). The second kappa shape index (κ2) is 8.51. The molecule has 17 heavy (non-hydrogen) atoms. The molecule has 0 heterocycles. The molecule has 0 bridgehead atoms. The van der Waals surface area contributed by atoms with Gasteiger partial charge in [-0.05, 0) is 31.7 Å². The van der Waals surface area contributed by atoms with Crippen LogP contribution in [0.2, 0.25) is 0 Å². The second-order valence-corrected chi connectivity index (χ2v) is 5.30. The van der Waals surface area contributed by atoms with Gasteiger partial charge in [0.2, 0.25) is 5.91 Å². The molecule has 3 N–H and O–H groups in total. The maximum atomic E-state index is 11.8. The second-order valence-electron chi connectivity index (χ2n) is 5.30. The van der Waals surface area contributed by atoms with E-state index in [2.05, 4.69) is 12.2 Å². The molecule has 100 valence electrons. The van der Waals surface area contributed by atoms with Crippen molar-refractivity contribution in [3.8, 4) is 0 Å². The molecule has 1 aliphatic carbocycles. The van der Waals surface area contributed by atoms with Crippen LogP contribution in [0.3, 0.4) is 0 Å². The minimum atomic E-state index is 0.226. The van der Waals surface area contributed by atoms with Crippen LogP contribution in [0.4, 0.5) is 0 Å². The van der Waals surface area contributed by atoms with E-state index in [0.717, 1.165) is 12.8 Å². The molecule has 1 unspecified atom stereocenters. The first-order valence-corrected chi connectivity index (χ1v) is 7.25. The number of carbonyl (C=O) groups is 1. The number of nitrogens with one attached hydrogen (secondary N) is 1. The summed E-state index contributed by atoms with van der Waals surface area (Å²) >= 11 is 0. The Morgan fingerprint density at radius 2 is 1.94 bits per heavy atom. The van der Waals surface area contributed by atoms with Crippen LogP contribution in [0, 0.1) is 5.92 Å². The lowest BCUT2D eigenvalue weighted by Crippen LogP contribution is -2.34. The first-order chi connectivity index (χ1) is 8.26. The van der Waals surface area contributed by atoms with Crippen molar-refractivity contribution in [3.63, 3.8) is 0 Å². The average molecular weight is 240 g/mol. The van der Waals surface area contributed by atoms with Gasteiger partial charge in [-0.3, -0.25) is 4.79 Å². The normalized spacial score (nSPS) is 19.6. The van der Waals surface area contributed by atoms with Crippen molar-refractivity contribution in [2.45, 2.75) is 70.8 Å². The molecular formula is C14H28N2O. The summed E-state index contributed by atoms with van der Waals surface area (Å²) in [7, 11) is 0. The molecule has 0 aromatic rings. The Kier molecular flexibility index (Phi) is 7.25. The van der Waals surface area contributed by atoms with E-state index >= 15 is 0 Å². The highest BCUT2D eigenvalue weighted by atomic mass is 16.1. The minimum absolute atomic E-state index is 0.226. The van der Waals surface area contributed by atoms with E-state index in [0.29, 0.717) is 24.9 Å². The first-order valence-electron chi connectivity index (χ1n) is 7.25. The van der Waals surface area contributed by atoms with E-state index in [1.807, 2.05) is 0 Å². The van der Waals surface area contributed by atoms with Gasteiger partial charge in [0, 0.05) is 12.5 Å². The first kappa shape index (κ1) is 14.5. The summed E-state index contributed by atoms with van der Waals surface area (Å²) in [6, 6.07) is 0.433. The zero-order chi connectivity index (χ0) is 12.5. The van der Waals surface area contributed by atoms with Crippen molar-refractivity contribution in [1.29, 1.82) is 0 Å².